The summed E-state index contributed by atoms with van der Waals surface area (Å²) in [6, 6.07) is 11.4. The van der Waals surface area contributed by atoms with Crippen LogP contribution in [0.1, 0.15) is 0 Å². The molecule has 0 fully saturated rings. The molecule has 0 saturated heterocycles. The highest BCUT2D eigenvalue weighted by Gasteiger charge is 2.25. The molecule has 0 bridgehead atoms. The van der Waals surface area contributed by atoms with E-state index in [2.05, 4.69) is 0 Å². The Bertz CT molecular complexity index is 677. The van der Waals surface area contributed by atoms with E-state index in [1.807, 2.05) is 30.3 Å². The topological polar surface area (TPSA) is 26.3 Å². The summed E-state index contributed by atoms with van der Waals surface area (Å²) in [5.41, 5.74) is 3.73. The van der Waals surface area contributed by atoms with E-state index >= 15 is 0 Å². The van der Waals surface area contributed by atoms with Gasteiger partial charge in [-0.3, -0.25) is 4.79 Å². The van der Waals surface area contributed by atoms with E-state index in [4.69, 9.17) is 16.3 Å². The van der Waals surface area contributed by atoms with Crippen LogP contribution in [-0.4, -0.2) is 7.11 Å². The maximum atomic E-state index is 12.0. The number of hydrogen-bond acceptors (Lipinski definition) is 2. The molecule has 0 aromatic heterocycles. The summed E-state index contributed by atoms with van der Waals surface area (Å²) < 4.78 is 5.03. The van der Waals surface area contributed by atoms with E-state index in [0.717, 1.165) is 22.3 Å². The average molecular weight is 245 g/mol. The summed E-state index contributed by atoms with van der Waals surface area (Å²) in [5, 5.41) is 0.237. The first-order valence-corrected chi connectivity index (χ1v) is 5.62. The first kappa shape index (κ1) is 10.4. The Balaban J connectivity index is 2.38. The Hall–Kier alpha value is -1.80. The molecule has 2 aromatic rings. The number of halogens is 1. The van der Waals surface area contributed by atoms with Crippen LogP contribution in [0.15, 0.2) is 41.2 Å². The quantitative estimate of drug-likeness (QED) is 0.656. The second-order valence-electron chi connectivity index (χ2n) is 3.88. The largest absolute Gasteiger partial charge is 0.493 e. The van der Waals surface area contributed by atoms with Gasteiger partial charge in [-0.15, -0.1) is 0 Å². The van der Waals surface area contributed by atoms with Gasteiger partial charge in [-0.2, -0.15) is 0 Å². The van der Waals surface area contributed by atoms with Crippen molar-refractivity contribution in [2.75, 3.05) is 7.11 Å². The lowest BCUT2D eigenvalue weighted by atomic mass is 9.82. The fourth-order valence-corrected chi connectivity index (χ4v) is 2.48. The van der Waals surface area contributed by atoms with Gasteiger partial charge >= 0.3 is 0 Å². The second-order valence-corrected chi connectivity index (χ2v) is 4.26. The third-order valence-corrected chi connectivity index (χ3v) is 3.38. The third kappa shape index (κ3) is 1.31. The molecule has 0 aliphatic heterocycles. The lowest BCUT2D eigenvalue weighted by Crippen LogP contribution is -2.05. The lowest BCUT2D eigenvalue weighted by molar-refractivity contribution is 0.411. The zero-order valence-electron chi connectivity index (χ0n) is 9.16. The van der Waals surface area contributed by atoms with Crippen LogP contribution in [-0.2, 0) is 0 Å². The Morgan fingerprint density at radius 2 is 1.71 bits per heavy atom. The van der Waals surface area contributed by atoms with Crippen LogP contribution in [0.4, 0.5) is 0 Å². The minimum Gasteiger partial charge on any atom is -0.493 e. The van der Waals surface area contributed by atoms with Crippen molar-refractivity contribution < 1.29 is 4.74 Å². The zero-order chi connectivity index (χ0) is 12.0. The standard InChI is InChI=1S/C14H9ClO2/c1-17-11-7-6-10-8-4-2-3-5-9(8)12(10)13(15)14(11)16/h2-7H,1H3. The number of rotatable bonds is 1. The molecule has 0 radical (unpaired) electrons. The van der Waals surface area contributed by atoms with Crippen LogP contribution < -0.4 is 10.2 Å². The van der Waals surface area contributed by atoms with E-state index in [1.165, 1.54) is 7.11 Å². The van der Waals surface area contributed by atoms with Crippen LogP contribution in [0, 0.1) is 0 Å². The molecule has 3 rings (SSSR count). The maximum Gasteiger partial charge on any atom is 0.239 e. The van der Waals surface area contributed by atoms with E-state index in [1.54, 1.807) is 6.07 Å². The van der Waals surface area contributed by atoms with Gasteiger partial charge in [-0.1, -0.05) is 35.9 Å². The molecule has 84 valence electrons. The van der Waals surface area contributed by atoms with Gasteiger partial charge in [-0.05, 0) is 28.8 Å². The monoisotopic (exact) mass is 244 g/mol. The highest BCUT2D eigenvalue weighted by molar-refractivity contribution is 6.35. The molecule has 1 aliphatic rings. The predicted molar refractivity (Wildman–Crippen MR) is 68.7 cm³/mol. The molecule has 2 nitrogen and oxygen atoms in total. The Kier molecular flexibility index (Phi) is 2.20. The van der Waals surface area contributed by atoms with E-state index in [9.17, 15) is 4.79 Å². The highest BCUT2D eigenvalue weighted by Crippen LogP contribution is 2.49. The van der Waals surface area contributed by atoms with Gasteiger partial charge in [0.15, 0.2) is 5.75 Å². The number of hydrogen-bond donors (Lipinski definition) is 0. The molecule has 0 spiro atoms. The summed E-state index contributed by atoms with van der Waals surface area (Å²) in [6.07, 6.45) is 0. The number of ether oxygens (including phenoxy) is 1. The fraction of sp³-hybridized carbons (Fsp3) is 0.0714. The summed E-state index contributed by atoms with van der Waals surface area (Å²) in [5.74, 6) is 0.273. The molecule has 17 heavy (non-hydrogen) atoms. The average Bonchev–Trinajstić information content (AvgIpc) is 2.43. The van der Waals surface area contributed by atoms with Gasteiger partial charge in [0.25, 0.3) is 0 Å². The van der Waals surface area contributed by atoms with Crippen molar-refractivity contribution in [3.63, 3.8) is 0 Å². The first-order chi connectivity index (χ1) is 8.24. The second kappa shape index (κ2) is 3.60. The smallest absolute Gasteiger partial charge is 0.239 e. The van der Waals surface area contributed by atoms with Gasteiger partial charge < -0.3 is 4.74 Å². The molecular weight excluding hydrogens is 236 g/mol. The summed E-state index contributed by atoms with van der Waals surface area (Å²) >= 11 is 6.14. The van der Waals surface area contributed by atoms with E-state index in [-0.39, 0.29) is 16.2 Å². The van der Waals surface area contributed by atoms with Crippen LogP contribution in [0.25, 0.3) is 22.3 Å². The van der Waals surface area contributed by atoms with Crippen molar-refractivity contribution in [1.29, 1.82) is 0 Å². The van der Waals surface area contributed by atoms with Crippen LogP contribution in [0.3, 0.4) is 0 Å². The minimum absolute atomic E-state index is 0.237. The van der Waals surface area contributed by atoms with Gasteiger partial charge in [0, 0.05) is 5.56 Å². The van der Waals surface area contributed by atoms with Crippen molar-refractivity contribution in [2.45, 2.75) is 0 Å². The van der Waals surface area contributed by atoms with Crippen LogP contribution >= 0.6 is 11.6 Å². The van der Waals surface area contributed by atoms with Crippen molar-refractivity contribution in [2.24, 2.45) is 0 Å². The Morgan fingerprint density at radius 3 is 2.41 bits per heavy atom. The van der Waals surface area contributed by atoms with E-state index < -0.39 is 0 Å². The lowest BCUT2D eigenvalue weighted by Gasteiger charge is -2.22. The molecule has 2 aromatic carbocycles. The predicted octanol–water partition coefficient (Wildman–Crippen LogP) is 3.36. The zero-order valence-corrected chi connectivity index (χ0v) is 9.91. The van der Waals surface area contributed by atoms with Gasteiger partial charge in [0.2, 0.25) is 5.43 Å². The van der Waals surface area contributed by atoms with Gasteiger partial charge in [0.1, 0.15) is 5.02 Å². The van der Waals surface area contributed by atoms with Crippen LogP contribution in [0.2, 0.25) is 5.02 Å². The Morgan fingerprint density at radius 1 is 1.00 bits per heavy atom. The highest BCUT2D eigenvalue weighted by atomic mass is 35.5. The van der Waals surface area contributed by atoms with Gasteiger partial charge in [-0.25, -0.2) is 0 Å². The summed E-state index contributed by atoms with van der Waals surface area (Å²) in [6.45, 7) is 0. The van der Waals surface area contributed by atoms with Crippen molar-refractivity contribution in [3.05, 3.63) is 51.6 Å². The molecule has 0 saturated carbocycles. The van der Waals surface area contributed by atoms with Crippen molar-refractivity contribution in [1.82, 2.24) is 0 Å². The molecule has 0 unspecified atom stereocenters. The maximum absolute atomic E-state index is 12.0. The number of methoxy groups -OCH3 is 1. The number of benzene rings is 1. The molecule has 3 heteroatoms. The molecule has 0 heterocycles. The fourth-order valence-electron chi connectivity index (χ4n) is 2.18. The third-order valence-electron chi connectivity index (χ3n) is 3.02. The van der Waals surface area contributed by atoms with E-state index in [0.29, 0.717) is 0 Å². The molecule has 0 amide bonds. The minimum atomic E-state index is -0.259. The molecule has 0 atom stereocenters. The Labute approximate surface area is 103 Å². The van der Waals surface area contributed by atoms with Crippen molar-refractivity contribution in [3.8, 4) is 28.0 Å². The number of fused-ring (bicyclic) bond motifs is 4. The summed E-state index contributed by atoms with van der Waals surface area (Å²) in [7, 11) is 1.47. The molecule has 1 aliphatic carbocycles. The van der Waals surface area contributed by atoms with Crippen LogP contribution in [0.5, 0.6) is 5.75 Å². The summed E-state index contributed by atoms with van der Waals surface area (Å²) in [4.78, 5) is 12.0. The van der Waals surface area contributed by atoms with Crippen molar-refractivity contribution >= 4 is 11.6 Å². The first-order valence-electron chi connectivity index (χ1n) is 5.24. The normalized spacial score (nSPS) is 11.2. The van der Waals surface area contributed by atoms with Gasteiger partial charge in [0.05, 0.1) is 7.11 Å². The molecular formula is C14H9ClO2. The molecule has 0 N–H and O–H groups in total. The SMILES string of the molecule is COc1ccc2c(c(Cl)c1=O)-c1ccccc1-2.